The van der Waals surface area contributed by atoms with E-state index in [0.717, 1.165) is 11.8 Å². The fourth-order valence-electron chi connectivity index (χ4n) is 5.18. The molecule has 2 N–H and O–H groups in total. The lowest BCUT2D eigenvalue weighted by Gasteiger charge is -2.48. The van der Waals surface area contributed by atoms with Crippen LogP contribution in [0.1, 0.15) is 74.7 Å². The van der Waals surface area contributed by atoms with Gasteiger partial charge in [-0.1, -0.05) is 39.5 Å². The van der Waals surface area contributed by atoms with Crippen LogP contribution in [-0.4, -0.2) is 133 Å². The smallest absolute Gasteiger partial charge is 0.307 e. The van der Waals surface area contributed by atoms with Gasteiger partial charge in [0, 0.05) is 61.4 Å². The van der Waals surface area contributed by atoms with Crippen molar-refractivity contribution in [2.75, 3.05) is 58.0 Å². The van der Waals surface area contributed by atoms with E-state index in [0.29, 0.717) is 31.8 Å². The summed E-state index contributed by atoms with van der Waals surface area (Å²) in [4.78, 5) is 76.7. The number of hydrogen-bond donors (Lipinski definition) is 2. The number of rotatable bonds is 20. The van der Waals surface area contributed by atoms with E-state index in [4.69, 9.17) is 23.7 Å². The number of hydrogen-bond acceptors (Lipinski definition) is 13. The largest absolute Gasteiger partial charge is 0.469 e. The van der Waals surface area contributed by atoms with E-state index in [1.807, 2.05) is 27.7 Å². The molecule has 3 atom stereocenters. The first kappa shape index (κ1) is 43.7. The summed E-state index contributed by atoms with van der Waals surface area (Å²) in [5.41, 5.74) is -0.938. The number of amides is 4. The average Bonchev–Trinajstić information content (AvgIpc) is 3.04. The number of esters is 1. The van der Waals surface area contributed by atoms with Crippen molar-refractivity contribution in [2.45, 2.75) is 104 Å². The molecule has 1 unspecified atom stereocenters. The zero-order valence-electron chi connectivity index (χ0n) is 30.9. The predicted octanol–water partition coefficient (Wildman–Crippen LogP) is 2.11. The zero-order chi connectivity index (χ0) is 37.8. The molecule has 2 heterocycles. The highest BCUT2D eigenvalue weighted by Gasteiger charge is 2.46. The number of thioether (sulfide) groups is 2. The van der Waals surface area contributed by atoms with Crippen molar-refractivity contribution in [1.29, 1.82) is 0 Å². The normalized spacial score (nSPS) is 22.3. The molecule has 0 aromatic heterocycles. The molecule has 2 aliphatic rings. The van der Waals surface area contributed by atoms with Crippen molar-refractivity contribution >= 4 is 59.2 Å². The van der Waals surface area contributed by atoms with Gasteiger partial charge >= 0.3 is 5.97 Å². The van der Waals surface area contributed by atoms with E-state index in [1.165, 1.54) is 28.7 Å². The van der Waals surface area contributed by atoms with Gasteiger partial charge in [-0.3, -0.25) is 28.8 Å². The average molecular weight is 749 g/mol. The Morgan fingerprint density at radius 1 is 0.780 bits per heavy atom. The molecule has 0 saturated carbocycles. The third-order valence-electron chi connectivity index (χ3n) is 8.03. The maximum Gasteiger partial charge on any atom is 0.307 e. The molecule has 286 valence electrons. The van der Waals surface area contributed by atoms with Crippen LogP contribution in [0, 0.1) is 10.8 Å². The molecule has 15 nitrogen and oxygen atoms in total. The second kappa shape index (κ2) is 19.4. The van der Waals surface area contributed by atoms with Crippen molar-refractivity contribution in [1.82, 2.24) is 20.4 Å². The van der Waals surface area contributed by atoms with Gasteiger partial charge in [-0.15, -0.1) is 11.8 Å². The van der Waals surface area contributed by atoms with Gasteiger partial charge in [0.1, 0.15) is 12.5 Å². The molecule has 2 rings (SSSR count). The van der Waals surface area contributed by atoms with Crippen LogP contribution >= 0.6 is 23.5 Å². The van der Waals surface area contributed by atoms with Crippen LogP contribution in [-0.2, 0) is 52.5 Å². The fraction of sp³-hybridized carbons (Fsp3) is 0.818. The molecule has 0 spiro atoms. The Morgan fingerprint density at radius 3 is 1.64 bits per heavy atom. The minimum atomic E-state index is -0.859. The summed E-state index contributed by atoms with van der Waals surface area (Å²) in [5.74, 6) is -2.18. The van der Waals surface area contributed by atoms with Crippen molar-refractivity contribution in [3.63, 3.8) is 0 Å². The molecule has 2 fully saturated rings. The second-order valence-corrected chi connectivity index (χ2v) is 16.9. The summed E-state index contributed by atoms with van der Waals surface area (Å²) in [5, 5.41) is 4.59. The number of ether oxygens (including phenoxy) is 5. The van der Waals surface area contributed by atoms with Crippen LogP contribution in [0.2, 0.25) is 0 Å². The lowest BCUT2D eigenvalue weighted by molar-refractivity contribution is -0.336. The van der Waals surface area contributed by atoms with Crippen LogP contribution in [0.25, 0.3) is 0 Å². The molecule has 50 heavy (non-hydrogen) atoms. The van der Waals surface area contributed by atoms with Gasteiger partial charge in [-0.25, -0.2) is 0 Å². The molecule has 17 heteroatoms. The van der Waals surface area contributed by atoms with E-state index in [9.17, 15) is 28.8 Å². The highest BCUT2D eigenvalue weighted by molar-refractivity contribution is 8.16. The first-order valence-electron chi connectivity index (χ1n) is 16.7. The van der Waals surface area contributed by atoms with Crippen molar-refractivity contribution in [2.24, 2.45) is 10.8 Å². The van der Waals surface area contributed by atoms with Crippen molar-refractivity contribution in [3.8, 4) is 0 Å². The van der Waals surface area contributed by atoms with E-state index in [-0.39, 0.29) is 68.1 Å². The van der Waals surface area contributed by atoms with Crippen LogP contribution < -0.4 is 10.6 Å². The minimum absolute atomic E-state index is 0.0494. The SMILES string of the molecule is COC(=O)CC(SCCNC(=O)CCN(C=O)[C@@H]1OC(C)(C)OCC1(C)C)C(=O)SCCNC(=O)CCN(C=O)[C@@H]1OC(C)(C)OCC1(C)C. The van der Waals surface area contributed by atoms with Crippen LogP contribution in [0.4, 0.5) is 0 Å². The maximum atomic E-state index is 13.0. The molecule has 4 amide bonds. The molecule has 2 saturated heterocycles. The second-order valence-electron chi connectivity index (χ2n) is 14.5. The minimum Gasteiger partial charge on any atom is -0.469 e. The van der Waals surface area contributed by atoms with E-state index < -0.39 is 46.1 Å². The Hall–Kier alpha value is -2.44. The summed E-state index contributed by atoms with van der Waals surface area (Å²) >= 11 is 2.22. The molecular weight excluding hydrogens is 693 g/mol. The summed E-state index contributed by atoms with van der Waals surface area (Å²) in [7, 11) is 1.25. The number of carbonyl (C=O) groups is 6. The molecule has 0 aliphatic carbocycles. The number of methoxy groups -OCH3 is 1. The van der Waals surface area contributed by atoms with Crippen molar-refractivity contribution < 1.29 is 52.5 Å². The van der Waals surface area contributed by atoms with Crippen LogP contribution in [0.3, 0.4) is 0 Å². The molecule has 2 aliphatic heterocycles. The quantitative estimate of drug-likeness (QED) is 0.105. The zero-order valence-corrected chi connectivity index (χ0v) is 32.5. The number of nitrogens with zero attached hydrogens (tertiary/aromatic N) is 2. The highest BCUT2D eigenvalue weighted by Crippen LogP contribution is 2.37. The van der Waals surface area contributed by atoms with Gasteiger partial charge < -0.3 is 44.1 Å². The first-order valence-corrected chi connectivity index (χ1v) is 18.7. The van der Waals surface area contributed by atoms with E-state index >= 15 is 0 Å². The summed E-state index contributed by atoms with van der Waals surface area (Å²) in [6, 6.07) is 0. The standard InChI is InChI=1S/C33H56N4O11S2/c1-30(2)19-45-32(5,6)47-28(30)36(21-38)14-10-24(40)34-12-16-49-23(18-26(42)44-9)27(43)50-17-13-35-25(41)11-15-37(22-39)29-31(3,4)20-46-33(7,8)48-29/h21-23,28-29H,10-20H2,1-9H3,(H,34,40)(H,35,41)/t23?,28-,29-/m1/s1. The Balaban J connectivity index is 1.75. The number of carbonyl (C=O) groups excluding carboxylic acids is 6. The molecule has 0 aromatic carbocycles. The Kier molecular flexibility index (Phi) is 17.0. The maximum absolute atomic E-state index is 13.0. The molecule has 0 aromatic rings. The predicted molar refractivity (Wildman–Crippen MR) is 189 cm³/mol. The van der Waals surface area contributed by atoms with E-state index in [2.05, 4.69) is 10.6 Å². The lowest BCUT2D eigenvalue weighted by Crippen LogP contribution is -2.57. The Morgan fingerprint density at radius 2 is 1.22 bits per heavy atom. The van der Waals surface area contributed by atoms with Gasteiger partial charge in [0.25, 0.3) is 0 Å². The third kappa shape index (κ3) is 14.3. The van der Waals surface area contributed by atoms with Gasteiger partial charge in [-0.05, 0) is 27.7 Å². The van der Waals surface area contributed by atoms with Crippen LogP contribution in [0.5, 0.6) is 0 Å². The van der Waals surface area contributed by atoms with Crippen LogP contribution in [0.15, 0.2) is 0 Å². The van der Waals surface area contributed by atoms with Gasteiger partial charge in [-0.2, -0.15) is 0 Å². The third-order valence-corrected chi connectivity index (χ3v) is 10.4. The van der Waals surface area contributed by atoms with Gasteiger partial charge in [0.2, 0.25) is 29.7 Å². The van der Waals surface area contributed by atoms with Gasteiger partial charge in [0.05, 0.1) is 32.0 Å². The number of nitrogens with one attached hydrogen (secondary N) is 2. The monoisotopic (exact) mass is 748 g/mol. The lowest BCUT2D eigenvalue weighted by atomic mass is 9.89. The molecular formula is C33H56N4O11S2. The Bertz CT molecular complexity index is 1180. The summed E-state index contributed by atoms with van der Waals surface area (Å²) in [6.45, 7) is 16.3. The summed E-state index contributed by atoms with van der Waals surface area (Å²) < 4.78 is 28.2. The van der Waals surface area contributed by atoms with Gasteiger partial charge in [0.15, 0.2) is 11.6 Å². The fourth-order valence-corrected chi connectivity index (χ4v) is 7.16. The topological polar surface area (TPSA) is 179 Å². The summed E-state index contributed by atoms with van der Waals surface area (Å²) in [6.07, 6.45) is 0.192. The first-order chi connectivity index (χ1) is 23.3. The molecule has 0 radical (unpaired) electrons. The van der Waals surface area contributed by atoms with E-state index in [1.54, 1.807) is 27.7 Å². The highest BCUT2D eigenvalue weighted by atomic mass is 32.2. The van der Waals surface area contributed by atoms with Crippen molar-refractivity contribution in [3.05, 3.63) is 0 Å². The Labute approximate surface area is 304 Å². The molecule has 0 bridgehead atoms.